The van der Waals surface area contributed by atoms with E-state index >= 15 is 0 Å². The first-order chi connectivity index (χ1) is 10.6. The molecule has 1 aliphatic rings. The molecule has 0 bridgehead atoms. The third kappa shape index (κ3) is 2.43. The van der Waals surface area contributed by atoms with E-state index in [1.165, 1.54) is 13.2 Å². The molecular formula is C19H17FO2. The lowest BCUT2D eigenvalue weighted by molar-refractivity contribution is 0.0600. The second-order valence-electron chi connectivity index (χ2n) is 5.50. The summed E-state index contributed by atoms with van der Waals surface area (Å²) >= 11 is 0. The number of benzene rings is 2. The van der Waals surface area contributed by atoms with Gasteiger partial charge >= 0.3 is 5.97 Å². The Labute approximate surface area is 129 Å². The van der Waals surface area contributed by atoms with E-state index in [1.54, 1.807) is 18.2 Å². The van der Waals surface area contributed by atoms with E-state index in [-0.39, 0.29) is 11.8 Å². The molecule has 0 spiro atoms. The van der Waals surface area contributed by atoms with Crippen LogP contribution in [0.1, 0.15) is 40.4 Å². The Morgan fingerprint density at radius 3 is 2.59 bits per heavy atom. The number of fused-ring (bicyclic) bond motifs is 1. The summed E-state index contributed by atoms with van der Waals surface area (Å²) in [5, 5.41) is 0. The van der Waals surface area contributed by atoms with Gasteiger partial charge in [-0.2, -0.15) is 0 Å². The Kier molecular flexibility index (Phi) is 3.80. The molecule has 0 heterocycles. The van der Waals surface area contributed by atoms with Gasteiger partial charge in [0.1, 0.15) is 5.82 Å². The molecule has 22 heavy (non-hydrogen) atoms. The molecule has 0 radical (unpaired) electrons. The predicted molar refractivity (Wildman–Crippen MR) is 84.2 cm³/mol. The van der Waals surface area contributed by atoms with Gasteiger partial charge in [0, 0.05) is 5.56 Å². The Bertz CT molecular complexity index is 775. The predicted octanol–water partition coefficient (Wildman–Crippen LogP) is 4.38. The Morgan fingerprint density at radius 2 is 1.86 bits per heavy atom. The third-order valence-corrected chi connectivity index (χ3v) is 4.14. The Hall–Kier alpha value is -2.42. The number of allylic oxidation sites excluding steroid dienone is 1. The number of ether oxygens (including phenoxy) is 1. The van der Waals surface area contributed by atoms with Crippen molar-refractivity contribution in [2.75, 3.05) is 7.11 Å². The highest BCUT2D eigenvalue weighted by Gasteiger charge is 2.21. The number of methoxy groups -OCH3 is 1. The monoisotopic (exact) mass is 296 g/mol. The van der Waals surface area contributed by atoms with E-state index in [1.807, 2.05) is 25.1 Å². The van der Waals surface area contributed by atoms with Gasteiger partial charge in [0.2, 0.25) is 0 Å². The quantitative estimate of drug-likeness (QED) is 0.769. The second kappa shape index (κ2) is 5.76. The van der Waals surface area contributed by atoms with Gasteiger partial charge in [0.25, 0.3) is 0 Å². The molecule has 2 nitrogen and oxygen atoms in total. The van der Waals surface area contributed by atoms with Crippen LogP contribution >= 0.6 is 0 Å². The number of carbonyl (C=O) groups is 1. The van der Waals surface area contributed by atoms with Gasteiger partial charge in [-0.3, -0.25) is 0 Å². The molecule has 3 rings (SSSR count). The van der Waals surface area contributed by atoms with Gasteiger partial charge in [-0.05, 0) is 54.7 Å². The fraction of sp³-hybridized carbons (Fsp3) is 0.211. The zero-order chi connectivity index (χ0) is 15.7. The zero-order valence-electron chi connectivity index (χ0n) is 12.7. The molecule has 112 valence electrons. The van der Waals surface area contributed by atoms with Crippen LogP contribution in [0.2, 0.25) is 0 Å². The minimum atomic E-state index is -0.376. The van der Waals surface area contributed by atoms with Gasteiger partial charge in [0.15, 0.2) is 0 Å². The van der Waals surface area contributed by atoms with Gasteiger partial charge in [-0.15, -0.1) is 0 Å². The van der Waals surface area contributed by atoms with Crippen molar-refractivity contribution in [1.82, 2.24) is 0 Å². The number of aryl methyl sites for hydroxylation is 1. The fourth-order valence-corrected chi connectivity index (χ4v) is 2.99. The molecule has 0 N–H and O–H groups in total. The maximum Gasteiger partial charge on any atom is 0.337 e. The number of rotatable bonds is 2. The van der Waals surface area contributed by atoms with E-state index in [9.17, 15) is 9.18 Å². The van der Waals surface area contributed by atoms with Crippen molar-refractivity contribution < 1.29 is 13.9 Å². The summed E-state index contributed by atoms with van der Waals surface area (Å²) in [6.45, 7) is 2.02. The zero-order valence-corrected chi connectivity index (χ0v) is 12.7. The van der Waals surface area contributed by atoms with Crippen LogP contribution in [-0.2, 0) is 11.2 Å². The van der Waals surface area contributed by atoms with E-state index in [0.29, 0.717) is 11.1 Å². The topological polar surface area (TPSA) is 26.3 Å². The van der Waals surface area contributed by atoms with Gasteiger partial charge in [0.05, 0.1) is 12.7 Å². The molecule has 0 aliphatic heterocycles. The summed E-state index contributed by atoms with van der Waals surface area (Å²) in [6, 6.07) is 12.3. The van der Waals surface area contributed by atoms with Crippen molar-refractivity contribution in [1.29, 1.82) is 0 Å². The molecule has 0 amide bonds. The number of hydrogen-bond acceptors (Lipinski definition) is 2. The summed E-state index contributed by atoms with van der Waals surface area (Å²) < 4.78 is 19.0. The first-order valence-electron chi connectivity index (χ1n) is 7.28. The first-order valence-corrected chi connectivity index (χ1v) is 7.28. The van der Waals surface area contributed by atoms with Crippen LogP contribution in [0.3, 0.4) is 0 Å². The fourth-order valence-electron chi connectivity index (χ4n) is 2.99. The maximum atomic E-state index is 14.2. The Balaban J connectivity index is 2.20. The minimum absolute atomic E-state index is 0.242. The average molecular weight is 296 g/mol. The lowest BCUT2D eigenvalue weighted by atomic mass is 9.82. The number of halogens is 1. The smallest absolute Gasteiger partial charge is 0.337 e. The van der Waals surface area contributed by atoms with Crippen molar-refractivity contribution in [3.63, 3.8) is 0 Å². The van der Waals surface area contributed by atoms with Crippen molar-refractivity contribution in [3.8, 4) is 0 Å². The van der Waals surface area contributed by atoms with Crippen LogP contribution in [0.5, 0.6) is 0 Å². The van der Waals surface area contributed by atoms with Crippen LogP contribution in [0, 0.1) is 5.82 Å². The molecule has 2 aromatic rings. The van der Waals surface area contributed by atoms with Crippen LogP contribution in [-0.4, -0.2) is 13.1 Å². The van der Waals surface area contributed by atoms with E-state index in [2.05, 4.69) is 0 Å². The number of carbonyl (C=O) groups excluding carboxylic acids is 1. The van der Waals surface area contributed by atoms with Crippen molar-refractivity contribution in [2.45, 2.75) is 19.8 Å². The minimum Gasteiger partial charge on any atom is -0.465 e. The molecule has 1 aliphatic carbocycles. The largest absolute Gasteiger partial charge is 0.465 e. The van der Waals surface area contributed by atoms with Gasteiger partial charge in [-0.25, -0.2) is 9.18 Å². The SMILES string of the molecule is COC(=O)c1ccc2c(c1)C(c1ccccc1F)=C(C)CC2. The maximum absolute atomic E-state index is 14.2. The molecule has 0 saturated heterocycles. The van der Waals surface area contributed by atoms with Crippen molar-refractivity contribution >= 4 is 11.5 Å². The summed E-state index contributed by atoms with van der Waals surface area (Å²) in [4.78, 5) is 11.8. The molecular weight excluding hydrogens is 279 g/mol. The van der Waals surface area contributed by atoms with E-state index in [0.717, 1.165) is 35.1 Å². The summed E-state index contributed by atoms with van der Waals surface area (Å²) in [5.74, 6) is -0.618. The second-order valence-corrected chi connectivity index (χ2v) is 5.50. The first kappa shape index (κ1) is 14.5. The molecule has 0 saturated carbocycles. The lowest BCUT2D eigenvalue weighted by Gasteiger charge is -2.23. The highest BCUT2D eigenvalue weighted by atomic mass is 19.1. The summed E-state index contributed by atoms with van der Waals surface area (Å²) in [6.07, 6.45) is 1.80. The third-order valence-electron chi connectivity index (χ3n) is 4.14. The molecule has 0 fully saturated rings. The van der Waals surface area contributed by atoms with Crippen LogP contribution in [0.4, 0.5) is 4.39 Å². The van der Waals surface area contributed by atoms with Gasteiger partial charge in [-0.1, -0.05) is 29.8 Å². The van der Waals surface area contributed by atoms with Crippen molar-refractivity contribution in [3.05, 3.63) is 76.1 Å². The number of esters is 1. The normalized spacial score (nSPS) is 13.8. The van der Waals surface area contributed by atoms with E-state index in [4.69, 9.17) is 4.74 Å². The molecule has 3 heteroatoms. The van der Waals surface area contributed by atoms with E-state index < -0.39 is 0 Å². The summed E-state index contributed by atoms with van der Waals surface area (Å²) in [5.41, 5.74) is 5.17. The van der Waals surface area contributed by atoms with Crippen LogP contribution < -0.4 is 0 Å². The van der Waals surface area contributed by atoms with Gasteiger partial charge < -0.3 is 4.74 Å². The molecule has 0 unspecified atom stereocenters. The molecule has 0 aromatic heterocycles. The Morgan fingerprint density at radius 1 is 1.09 bits per heavy atom. The van der Waals surface area contributed by atoms with Crippen molar-refractivity contribution in [2.24, 2.45) is 0 Å². The van der Waals surface area contributed by atoms with Crippen LogP contribution in [0.15, 0.2) is 48.0 Å². The lowest BCUT2D eigenvalue weighted by Crippen LogP contribution is -2.09. The highest BCUT2D eigenvalue weighted by molar-refractivity contribution is 5.93. The molecule has 0 atom stereocenters. The average Bonchev–Trinajstić information content (AvgIpc) is 2.54. The number of hydrogen-bond donors (Lipinski definition) is 0. The highest BCUT2D eigenvalue weighted by Crippen LogP contribution is 2.37. The molecule has 2 aromatic carbocycles. The standard InChI is InChI=1S/C19H17FO2/c1-12-7-8-13-9-10-14(19(21)22-2)11-16(13)18(12)15-5-3-4-6-17(15)20/h3-6,9-11H,7-8H2,1-2H3. The van der Waals surface area contributed by atoms with Crippen LogP contribution in [0.25, 0.3) is 5.57 Å². The summed E-state index contributed by atoms with van der Waals surface area (Å²) in [7, 11) is 1.36.